The summed E-state index contributed by atoms with van der Waals surface area (Å²) < 4.78 is 41.6. The number of nitrogens with one attached hydrogen (secondary N) is 1. The zero-order chi connectivity index (χ0) is 21.0. The van der Waals surface area contributed by atoms with Crippen LogP contribution in [0.1, 0.15) is 29.4 Å². The largest absolute Gasteiger partial charge is 0.416 e. The second kappa shape index (κ2) is 8.69. The third-order valence-corrected chi connectivity index (χ3v) is 4.86. The number of hydrazone groups is 1. The number of carbonyl (C=O) groups is 1. The fourth-order valence-electron chi connectivity index (χ4n) is 3.35. The van der Waals surface area contributed by atoms with Crippen molar-refractivity contribution in [2.45, 2.75) is 32.6 Å². The topological polar surface area (TPSA) is 62.5 Å². The van der Waals surface area contributed by atoms with Crippen molar-refractivity contribution in [3.05, 3.63) is 63.8 Å². The number of rotatable bonds is 6. The van der Waals surface area contributed by atoms with Gasteiger partial charge in [-0.05, 0) is 18.6 Å². The molecule has 154 valence electrons. The Morgan fingerprint density at radius 3 is 2.83 bits per heavy atom. The molecule has 10 heteroatoms. The van der Waals surface area contributed by atoms with Gasteiger partial charge in [-0.1, -0.05) is 29.8 Å². The molecule has 1 aliphatic rings. The summed E-state index contributed by atoms with van der Waals surface area (Å²) in [6, 6.07) is 5.56. The van der Waals surface area contributed by atoms with Crippen molar-refractivity contribution in [2.24, 2.45) is 5.10 Å². The average Bonchev–Trinajstić information content (AvgIpc) is 3.06. The van der Waals surface area contributed by atoms with E-state index in [1.54, 1.807) is 23.9 Å². The average molecular weight is 426 g/mol. The number of hydrogen-bond donors (Lipinski definition) is 1. The monoisotopic (exact) mass is 425 g/mol. The van der Waals surface area contributed by atoms with Crippen LogP contribution in [0.3, 0.4) is 0 Å². The molecule has 1 amide bonds. The first-order valence-corrected chi connectivity index (χ1v) is 9.20. The predicted octanol–water partition coefficient (Wildman–Crippen LogP) is 3.51. The molecule has 0 saturated carbocycles. The highest BCUT2D eigenvalue weighted by atomic mass is 35.5. The van der Waals surface area contributed by atoms with Gasteiger partial charge in [-0.3, -0.25) is 4.79 Å². The molecule has 0 radical (unpaired) electrons. The quantitative estimate of drug-likeness (QED) is 0.437. The van der Waals surface area contributed by atoms with Crippen LogP contribution in [0, 0.1) is 0 Å². The predicted molar refractivity (Wildman–Crippen MR) is 103 cm³/mol. The number of allylic oxidation sites excluding steroid dienone is 2. The molecule has 1 N–H and O–H groups in total. The highest BCUT2D eigenvalue weighted by Gasteiger charge is 2.33. The first kappa shape index (κ1) is 20.9. The SMILES string of the molecule is C/C(Cl)=C(\C=N/NC=O)N1CCc2c(ncn2Cc2ccccc2C(F)(F)F)C1. The van der Waals surface area contributed by atoms with Gasteiger partial charge in [0.05, 0.1) is 36.0 Å². The van der Waals surface area contributed by atoms with Crippen LogP contribution in [-0.4, -0.2) is 33.6 Å². The van der Waals surface area contributed by atoms with Crippen LogP contribution >= 0.6 is 11.6 Å². The number of imidazole rings is 1. The molecule has 1 aliphatic heterocycles. The van der Waals surface area contributed by atoms with Crippen molar-refractivity contribution in [1.82, 2.24) is 19.9 Å². The van der Waals surface area contributed by atoms with Gasteiger partial charge in [0.2, 0.25) is 6.41 Å². The van der Waals surface area contributed by atoms with Crippen LogP contribution in [0.15, 0.2) is 46.4 Å². The van der Waals surface area contributed by atoms with Crippen molar-refractivity contribution in [1.29, 1.82) is 0 Å². The highest BCUT2D eigenvalue weighted by Crippen LogP contribution is 2.33. The number of amides is 1. The van der Waals surface area contributed by atoms with E-state index in [2.05, 4.69) is 15.5 Å². The first-order chi connectivity index (χ1) is 13.8. The van der Waals surface area contributed by atoms with Crippen molar-refractivity contribution in [2.75, 3.05) is 6.54 Å². The molecule has 0 bridgehead atoms. The minimum atomic E-state index is -4.40. The van der Waals surface area contributed by atoms with Crippen molar-refractivity contribution < 1.29 is 18.0 Å². The second-order valence-corrected chi connectivity index (χ2v) is 7.08. The van der Waals surface area contributed by atoms with Gasteiger partial charge in [-0.25, -0.2) is 10.4 Å². The summed E-state index contributed by atoms with van der Waals surface area (Å²) in [6.07, 6.45) is -0.336. The van der Waals surface area contributed by atoms with Gasteiger partial charge in [0, 0.05) is 30.2 Å². The minimum Gasteiger partial charge on any atom is -0.363 e. The third kappa shape index (κ3) is 4.79. The molecule has 0 spiro atoms. The Morgan fingerprint density at radius 1 is 1.38 bits per heavy atom. The molecule has 1 aromatic heterocycles. The van der Waals surface area contributed by atoms with E-state index < -0.39 is 11.7 Å². The van der Waals surface area contributed by atoms with Crippen LogP contribution in [0.25, 0.3) is 0 Å². The van der Waals surface area contributed by atoms with Gasteiger partial charge in [0.1, 0.15) is 0 Å². The molecule has 0 saturated heterocycles. The number of benzene rings is 1. The molecule has 2 aromatic rings. The Hall–Kier alpha value is -2.81. The van der Waals surface area contributed by atoms with Gasteiger partial charge in [0.15, 0.2) is 0 Å². The third-order valence-electron chi connectivity index (χ3n) is 4.66. The zero-order valence-corrected chi connectivity index (χ0v) is 16.3. The van der Waals surface area contributed by atoms with Crippen molar-refractivity contribution in [3.8, 4) is 0 Å². The molecule has 0 atom stereocenters. The van der Waals surface area contributed by atoms with Gasteiger partial charge in [0.25, 0.3) is 0 Å². The molecular formula is C19H19ClF3N5O. The van der Waals surface area contributed by atoms with Crippen LogP contribution in [0.5, 0.6) is 0 Å². The highest BCUT2D eigenvalue weighted by molar-refractivity contribution is 6.30. The molecule has 2 heterocycles. The van der Waals surface area contributed by atoms with E-state index in [0.717, 1.165) is 17.5 Å². The Bertz CT molecular complexity index is 948. The van der Waals surface area contributed by atoms with Gasteiger partial charge in [-0.2, -0.15) is 18.3 Å². The molecule has 0 aliphatic carbocycles. The molecule has 3 rings (SSSR count). The van der Waals surface area contributed by atoms with Crippen LogP contribution < -0.4 is 5.43 Å². The minimum absolute atomic E-state index is 0.0972. The van der Waals surface area contributed by atoms with E-state index in [1.165, 1.54) is 18.3 Å². The van der Waals surface area contributed by atoms with Crippen molar-refractivity contribution >= 4 is 24.2 Å². The van der Waals surface area contributed by atoms with Crippen LogP contribution in [0.2, 0.25) is 0 Å². The Kier molecular flexibility index (Phi) is 6.26. The fourth-order valence-corrected chi connectivity index (χ4v) is 3.52. The Labute approximate surface area is 170 Å². The second-order valence-electron chi connectivity index (χ2n) is 6.52. The standard InChI is InChI=1S/C19H19ClF3N5O/c1-13(20)18(8-25-26-12-29)27-7-6-17-16(10-27)24-11-28(17)9-14-4-2-3-5-15(14)19(21,22)23/h2-5,8,11-12H,6-7,9-10H2,1H3,(H,26,29)/b18-13-,25-8-. The van der Waals surface area contributed by atoms with Gasteiger partial charge < -0.3 is 9.47 Å². The molecule has 29 heavy (non-hydrogen) atoms. The maximum atomic E-state index is 13.3. The molecular weight excluding hydrogens is 407 g/mol. The summed E-state index contributed by atoms with van der Waals surface area (Å²) in [5, 5.41) is 4.28. The number of nitrogens with zero attached hydrogens (tertiary/aromatic N) is 4. The number of halogens is 4. The van der Waals surface area contributed by atoms with E-state index in [1.807, 2.05) is 4.90 Å². The summed E-state index contributed by atoms with van der Waals surface area (Å²) >= 11 is 6.15. The Morgan fingerprint density at radius 2 is 2.14 bits per heavy atom. The smallest absolute Gasteiger partial charge is 0.363 e. The summed E-state index contributed by atoms with van der Waals surface area (Å²) in [4.78, 5) is 16.7. The Balaban J connectivity index is 1.82. The maximum Gasteiger partial charge on any atom is 0.416 e. The number of hydrogen-bond acceptors (Lipinski definition) is 4. The lowest BCUT2D eigenvalue weighted by Gasteiger charge is -2.30. The van der Waals surface area contributed by atoms with E-state index in [4.69, 9.17) is 11.6 Å². The van der Waals surface area contributed by atoms with E-state index >= 15 is 0 Å². The van der Waals surface area contributed by atoms with E-state index in [9.17, 15) is 18.0 Å². The summed E-state index contributed by atoms with van der Waals surface area (Å²) in [5.41, 5.74) is 4.07. The lowest BCUT2D eigenvalue weighted by Crippen LogP contribution is -2.32. The van der Waals surface area contributed by atoms with E-state index in [-0.39, 0.29) is 12.1 Å². The summed E-state index contributed by atoms with van der Waals surface area (Å²) in [6.45, 7) is 2.84. The number of carbonyl (C=O) groups excluding carboxylic acids is 1. The summed E-state index contributed by atoms with van der Waals surface area (Å²) in [5.74, 6) is 0. The maximum absolute atomic E-state index is 13.3. The zero-order valence-electron chi connectivity index (χ0n) is 15.6. The molecule has 0 fully saturated rings. The van der Waals surface area contributed by atoms with Gasteiger partial charge in [-0.15, -0.1) is 0 Å². The first-order valence-electron chi connectivity index (χ1n) is 8.82. The number of fused-ring (bicyclic) bond motifs is 1. The molecule has 1 aromatic carbocycles. The lowest BCUT2D eigenvalue weighted by atomic mass is 10.1. The summed E-state index contributed by atoms with van der Waals surface area (Å²) in [7, 11) is 0. The number of alkyl halides is 3. The lowest BCUT2D eigenvalue weighted by molar-refractivity contribution is -0.138. The molecule has 0 unspecified atom stereocenters. The fraction of sp³-hybridized carbons (Fsp3) is 0.316. The van der Waals surface area contributed by atoms with Crippen molar-refractivity contribution in [3.63, 3.8) is 0 Å². The van der Waals surface area contributed by atoms with Crippen LogP contribution in [-0.2, 0) is 30.5 Å². The van der Waals surface area contributed by atoms with E-state index in [0.29, 0.717) is 36.6 Å². The number of aromatic nitrogens is 2. The van der Waals surface area contributed by atoms with Gasteiger partial charge >= 0.3 is 6.18 Å². The normalized spacial score (nSPS) is 15.3. The van der Waals surface area contributed by atoms with Crippen LogP contribution in [0.4, 0.5) is 13.2 Å². The molecule has 6 nitrogen and oxygen atoms in total.